The molecule has 0 radical (unpaired) electrons. The summed E-state index contributed by atoms with van der Waals surface area (Å²) >= 11 is 0. The average Bonchev–Trinajstić information content (AvgIpc) is 2.02. The quantitative estimate of drug-likeness (QED) is 0.498. The fourth-order valence-corrected chi connectivity index (χ4v) is 0.759. The molecule has 0 saturated heterocycles. The number of nitrogens with one attached hydrogen (secondary N) is 1. The van der Waals surface area contributed by atoms with Gasteiger partial charge in [-0.2, -0.15) is 5.10 Å². The lowest BCUT2D eigenvalue weighted by Gasteiger charge is -2.09. The summed E-state index contributed by atoms with van der Waals surface area (Å²) in [5.74, 6) is 1.27. The topological polar surface area (TPSA) is 24.4 Å². The number of hydrogen-bond acceptors (Lipinski definition) is 2. The summed E-state index contributed by atoms with van der Waals surface area (Å²) in [6, 6.07) is 0. The Kier molecular flexibility index (Phi) is 5.77. The molecule has 0 amide bonds. The highest BCUT2D eigenvalue weighted by molar-refractivity contribution is 5.83. The SMILES string of the molecule is CCC(C)/C(C)=N/NCC(C)C. The van der Waals surface area contributed by atoms with Crippen molar-refractivity contribution in [2.45, 2.75) is 41.0 Å². The number of hydrazone groups is 1. The molecule has 0 bridgehead atoms. The first-order valence-electron chi connectivity index (χ1n) is 4.85. The Morgan fingerprint density at radius 1 is 1.33 bits per heavy atom. The van der Waals surface area contributed by atoms with Gasteiger partial charge in [0.1, 0.15) is 0 Å². The number of nitrogens with zero attached hydrogens (tertiary/aromatic N) is 1. The summed E-state index contributed by atoms with van der Waals surface area (Å²) < 4.78 is 0. The molecule has 0 aliphatic carbocycles. The summed E-state index contributed by atoms with van der Waals surface area (Å²) in [7, 11) is 0. The first kappa shape index (κ1) is 11.5. The van der Waals surface area contributed by atoms with E-state index in [1.54, 1.807) is 0 Å². The molecular formula is C10H22N2. The van der Waals surface area contributed by atoms with Gasteiger partial charge in [-0.1, -0.05) is 27.7 Å². The van der Waals surface area contributed by atoms with Gasteiger partial charge in [0.25, 0.3) is 0 Å². The van der Waals surface area contributed by atoms with Crippen molar-refractivity contribution in [3.05, 3.63) is 0 Å². The van der Waals surface area contributed by atoms with Gasteiger partial charge in [0.15, 0.2) is 0 Å². The standard InChI is InChI=1S/C10H22N2/c1-6-9(4)10(5)12-11-7-8(2)3/h8-9,11H,6-7H2,1-5H3/b12-10+. The molecule has 0 saturated carbocycles. The van der Waals surface area contributed by atoms with Gasteiger partial charge in [-0.05, 0) is 25.2 Å². The van der Waals surface area contributed by atoms with Gasteiger partial charge in [-0.15, -0.1) is 0 Å². The highest BCUT2D eigenvalue weighted by Crippen LogP contribution is 2.02. The molecule has 1 N–H and O–H groups in total. The van der Waals surface area contributed by atoms with E-state index in [2.05, 4.69) is 45.1 Å². The maximum atomic E-state index is 4.30. The second-order valence-electron chi connectivity index (χ2n) is 3.82. The monoisotopic (exact) mass is 170 g/mol. The van der Waals surface area contributed by atoms with E-state index in [9.17, 15) is 0 Å². The van der Waals surface area contributed by atoms with Crippen LogP contribution in [0.4, 0.5) is 0 Å². The summed E-state index contributed by atoms with van der Waals surface area (Å²) in [5, 5.41) is 4.30. The van der Waals surface area contributed by atoms with Gasteiger partial charge in [-0.25, -0.2) is 0 Å². The number of rotatable bonds is 5. The van der Waals surface area contributed by atoms with E-state index < -0.39 is 0 Å². The van der Waals surface area contributed by atoms with Gasteiger partial charge in [0.2, 0.25) is 0 Å². The lowest BCUT2D eigenvalue weighted by atomic mass is 10.1. The molecular weight excluding hydrogens is 148 g/mol. The molecule has 72 valence electrons. The zero-order chi connectivity index (χ0) is 9.56. The fraction of sp³-hybridized carbons (Fsp3) is 0.900. The third-order valence-electron chi connectivity index (χ3n) is 2.08. The maximum absolute atomic E-state index is 4.30. The highest BCUT2D eigenvalue weighted by atomic mass is 15.3. The Labute approximate surface area is 76.4 Å². The molecule has 1 atom stereocenters. The Bertz CT molecular complexity index is 139. The predicted molar refractivity (Wildman–Crippen MR) is 55.4 cm³/mol. The molecule has 0 rings (SSSR count). The highest BCUT2D eigenvalue weighted by Gasteiger charge is 2.01. The van der Waals surface area contributed by atoms with Gasteiger partial charge in [0, 0.05) is 12.3 Å². The van der Waals surface area contributed by atoms with Crippen LogP contribution in [0.25, 0.3) is 0 Å². The molecule has 0 spiro atoms. The molecule has 0 fully saturated rings. The zero-order valence-corrected chi connectivity index (χ0v) is 9.02. The second-order valence-corrected chi connectivity index (χ2v) is 3.82. The third kappa shape index (κ3) is 5.16. The summed E-state index contributed by atoms with van der Waals surface area (Å²) in [5.41, 5.74) is 4.29. The van der Waals surface area contributed by atoms with Crippen molar-refractivity contribution in [2.24, 2.45) is 16.9 Å². The van der Waals surface area contributed by atoms with Crippen LogP contribution in [0.1, 0.15) is 41.0 Å². The van der Waals surface area contributed by atoms with Crippen molar-refractivity contribution in [2.75, 3.05) is 6.54 Å². The van der Waals surface area contributed by atoms with E-state index >= 15 is 0 Å². The van der Waals surface area contributed by atoms with Crippen LogP contribution in [0.2, 0.25) is 0 Å². The summed E-state index contributed by atoms with van der Waals surface area (Å²) in [6.07, 6.45) is 1.17. The molecule has 0 aliphatic heterocycles. The molecule has 0 aromatic rings. The van der Waals surface area contributed by atoms with Crippen LogP contribution in [0.3, 0.4) is 0 Å². The molecule has 1 unspecified atom stereocenters. The third-order valence-corrected chi connectivity index (χ3v) is 2.08. The van der Waals surface area contributed by atoms with E-state index in [0.717, 1.165) is 6.54 Å². The van der Waals surface area contributed by atoms with Gasteiger partial charge >= 0.3 is 0 Å². The van der Waals surface area contributed by atoms with Crippen LogP contribution >= 0.6 is 0 Å². The summed E-state index contributed by atoms with van der Waals surface area (Å²) in [6.45, 7) is 11.8. The largest absolute Gasteiger partial charge is 0.310 e. The summed E-state index contributed by atoms with van der Waals surface area (Å²) in [4.78, 5) is 0. The minimum absolute atomic E-state index is 0.602. The molecule has 0 aliphatic rings. The molecule has 0 aromatic carbocycles. The van der Waals surface area contributed by atoms with Gasteiger partial charge in [-0.3, -0.25) is 0 Å². The van der Waals surface area contributed by atoms with Crippen LogP contribution in [-0.2, 0) is 0 Å². The van der Waals surface area contributed by atoms with Gasteiger partial charge < -0.3 is 5.43 Å². The second kappa shape index (κ2) is 6.04. The van der Waals surface area contributed by atoms with E-state index in [4.69, 9.17) is 0 Å². The first-order valence-corrected chi connectivity index (χ1v) is 4.85. The van der Waals surface area contributed by atoms with Crippen molar-refractivity contribution in [1.82, 2.24) is 5.43 Å². The predicted octanol–water partition coefficient (Wildman–Crippen LogP) is 2.65. The Morgan fingerprint density at radius 3 is 2.33 bits per heavy atom. The molecule has 2 heteroatoms. The van der Waals surface area contributed by atoms with E-state index in [0.29, 0.717) is 11.8 Å². The van der Waals surface area contributed by atoms with Crippen molar-refractivity contribution in [3.63, 3.8) is 0 Å². The first-order chi connectivity index (χ1) is 5.57. The Balaban J connectivity index is 3.68. The van der Waals surface area contributed by atoms with Crippen molar-refractivity contribution < 1.29 is 0 Å². The molecule has 2 nitrogen and oxygen atoms in total. The smallest absolute Gasteiger partial charge is 0.0375 e. The van der Waals surface area contributed by atoms with Crippen LogP contribution in [0.15, 0.2) is 5.10 Å². The molecule has 0 heterocycles. The van der Waals surface area contributed by atoms with E-state index in [-0.39, 0.29) is 0 Å². The van der Waals surface area contributed by atoms with Crippen molar-refractivity contribution >= 4 is 5.71 Å². The van der Waals surface area contributed by atoms with Gasteiger partial charge in [0.05, 0.1) is 0 Å². The molecule has 0 aromatic heterocycles. The van der Waals surface area contributed by atoms with Crippen LogP contribution < -0.4 is 5.43 Å². The van der Waals surface area contributed by atoms with Crippen molar-refractivity contribution in [1.29, 1.82) is 0 Å². The van der Waals surface area contributed by atoms with Crippen LogP contribution in [0.5, 0.6) is 0 Å². The Hall–Kier alpha value is -0.530. The fourth-order valence-electron chi connectivity index (χ4n) is 0.759. The maximum Gasteiger partial charge on any atom is 0.0375 e. The average molecular weight is 170 g/mol. The zero-order valence-electron chi connectivity index (χ0n) is 9.02. The lowest BCUT2D eigenvalue weighted by molar-refractivity contribution is 0.565. The molecule has 12 heavy (non-hydrogen) atoms. The minimum Gasteiger partial charge on any atom is -0.310 e. The van der Waals surface area contributed by atoms with Crippen LogP contribution in [-0.4, -0.2) is 12.3 Å². The van der Waals surface area contributed by atoms with E-state index in [1.165, 1.54) is 12.1 Å². The lowest BCUT2D eigenvalue weighted by Crippen LogP contribution is -2.17. The van der Waals surface area contributed by atoms with Crippen molar-refractivity contribution in [3.8, 4) is 0 Å². The van der Waals surface area contributed by atoms with Crippen LogP contribution in [0, 0.1) is 11.8 Å². The number of hydrogen-bond donors (Lipinski definition) is 1. The Morgan fingerprint density at radius 2 is 1.92 bits per heavy atom. The van der Waals surface area contributed by atoms with E-state index in [1.807, 2.05) is 0 Å². The normalized spacial score (nSPS) is 15.0. The minimum atomic E-state index is 0.602.